The molecule has 0 aliphatic carbocycles. The van der Waals surface area contributed by atoms with Crippen LogP contribution in [-0.2, 0) is 4.74 Å². The summed E-state index contributed by atoms with van der Waals surface area (Å²) in [5.74, 6) is 0. The minimum Gasteiger partial charge on any atom is -0.438 e. The molecule has 1 fully saturated rings. The smallest absolute Gasteiger partial charge is 0.410 e. The van der Waals surface area contributed by atoms with Gasteiger partial charge in [-0.25, -0.2) is 4.79 Å². The number of ether oxygens (including phenoxy) is 1. The maximum absolute atomic E-state index is 11.4. The number of aliphatic hydroxyl groups excluding tert-OH is 1. The summed E-state index contributed by atoms with van der Waals surface area (Å²) >= 11 is 5.99. The molecule has 0 aromatic heterocycles. The van der Waals surface area contributed by atoms with Gasteiger partial charge in [0, 0.05) is 17.6 Å². The molecule has 1 N–H and O–H groups in total. The molecule has 0 saturated carbocycles. The Hall–Kier alpha value is -1.26. The summed E-state index contributed by atoms with van der Waals surface area (Å²) in [6.07, 6.45) is -1.89. The van der Waals surface area contributed by atoms with Gasteiger partial charge in [0.1, 0.15) is 6.10 Å². The predicted octanol–water partition coefficient (Wildman–Crippen LogP) is 1.82. The lowest BCUT2D eigenvalue weighted by molar-refractivity contribution is -0.0543. The SMILES string of the molecule is CN1C[C@@H](O)[C@@H](c2ccccc2Cl)OC1=O. The van der Waals surface area contributed by atoms with Crippen LogP contribution in [0.4, 0.5) is 4.79 Å². The van der Waals surface area contributed by atoms with Crippen molar-refractivity contribution >= 4 is 17.7 Å². The van der Waals surface area contributed by atoms with Gasteiger partial charge in [-0.15, -0.1) is 0 Å². The molecular formula is C11H12ClNO3. The Bertz CT molecular complexity index is 410. The van der Waals surface area contributed by atoms with E-state index in [9.17, 15) is 9.90 Å². The second-order valence-corrected chi connectivity index (χ2v) is 4.18. The number of carbonyl (C=O) groups excluding carboxylic acids is 1. The fourth-order valence-corrected chi connectivity index (χ4v) is 1.95. The predicted molar refractivity (Wildman–Crippen MR) is 59.3 cm³/mol. The zero-order chi connectivity index (χ0) is 11.7. The molecule has 1 saturated heterocycles. The maximum atomic E-state index is 11.4. The number of carbonyl (C=O) groups is 1. The third-order valence-corrected chi connectivity index (χ3v) is 2.91. The van der Waals surface area contributed by atoms with Gasteiger partial charge in [-0.3, -0.25) is 0 Å². The maximum Gasteiger partial charge on any atom is 0.410 e. The van der Waals surface area contributed by atoms with Crippen molar-refractivity contribution in [3.05, 3.63) is 34.9 Å². The summed E-state index contributed by atoms with van der Waals surface area (Å²) < 4.78 is 5.13. The second-order valence-electron chi connectivity index (χ2n) is 3.77. The molecule has 5 heteroatoms. The first-order valence-corrected chi connectivity index (χ1v) is 5.31. The lowest BCUT2D eigenvalue weighted by atomic mass is 10.0. The summed E-state index contributed by atoms with van der Waals surface area (Å²) in [7, 11) is 1.58. The first-order valence-electron chi connectivity index (χ1n) is 4.94. The van der Waals surface area contributed by atoms with E-state index < -0.39 is 18.3 Å². The van der Waals surface area contributed by atoms with Gasteiger partial charge in [0.15, 0.2) is 6.10 Å². The van der Waals surface area contributed by atoms with E-state index in [0.717, 1.165) is 0 Å². The average Bonchev–Trinajstić information content (AvgIpc) is 2.25. The first kappa shape index (κ1) is 11.2. The molecule has 1 aliphatic rings. The van der Waals surface area contributed by atoms with Gasteiger partial charge in [-0.2, -0.15) is 0 Å². The number of amides is 1. The topological polar surface area (TPSA) is 49.8 Å². The number of rotatable bonds is 1. The van der Waals surface area contributed by atoms with E-state index in [0.29, 0.717) is 10.6 Å². The zero-order valence-corrected chi connectivity index (χ0v) is 9.52. The van der Waals surface area contributed by atoms with Crippen molar-refractivity contribution in [3.8, 4) is 0 Å². The zero-order valence-electron chi connectivity index (χ0n) is 8.76. The van der Waals surface area contributed by atoms with Crippen LogP contribution in [0.15, 0.2) is 24.3 Å². The monoisotopic (exact) mass is 241 g/mol. The van der Waals surface area contributed by atoms with Crippen molar-refractivity contribution in [1.29, 1.82) is 0 Å². The van der Waals surface area contributed by atoms with Crippen LogP contribution >= 0.6 is 11.6 Å². The number of likely N-dealkylation sites (N-methyl/N-ethyl adjacent to an activating group) is 1. The van der Waals surface area contributed by atoms with Gasteiger partial charge < -0.3 is 14.7 Å². The molecule has 16 heavy (non-hydrogen) atoms. The Labute approximate surface area is 98.4 Å². The van der Waals surface area contributed by atoms with E-state index in [1.54, 1.807) is 31.3 Å². The summed E-state index contributed by atoms with van der Waals surface area (Å²) in [6.45, 7) is 0.245. The Morgan fingerprint density at radius 1 is 1.50 bits per heavy atom. The highest BCUT2D eigenvalue weighted by atomic mass is 35.5. The Kier molecular flexibility index (Phi) is 3.03. The lowest BCUT2D eigenvalue weighted by Gasteiger charge is -2.33. The van der Waals surface area contributed by atoms with Crippen molar-refractivity contribution in [3.63, 3.8) is 0 Å². The third kappa shape index (κ3) is 1.99. The molecule has 4 nitrogen and oxygen atoms in total. The van der Waals surface area contributed by atoms with Crippen LogP contribution in [0, 0.1) is 0 Å². The largest absolute Gasteiger partial charge is 0.438 e. The average molecular weight is 242 g/mol. The quantitative estimate of drug-likeness (QED) is 0.816. The molecular weight excluding hydrogens is 230 g/mol. The Balaban J connectivity index is 2.28. The molecule has 86 valence electrons. The molecule has 0 bridgehead atoms. The summed E-state index contributed by atoms with van der Waals surface area (Å²) in [4.78, 5) is 12.7. The number of β-amino-alcohol motifs (C(OH)–C–C–N with tert-alkyl or cyclic N) is 1. The number of hydrogen-bond acceptors (Lipinski definition) is 3. The van der Waals surface area contributed by atoms with E-state index in [4.69, 9.17) is 16.3 Å². The van der Waals surface area contributed by atoms with Gasteiger partial charge >= 0.3 is 6.09 Å². The van der Waals surface area contributed by atoms with Crippen LogP contribution < -0.4 is 0 Å². The summed E-state index contributed by atoms with van der Waals surface area (Å²) in [6, 6.07) is 7.03. The van der Waals surface area contributed by atoms with Gasteiger partial charge in [-0.05, 0) is 6.07 Å². The first-order chi connectivity index (χ1) is 7.59. The van der Waals surface area contributed by atoms with E-state index in [1.807, 2.05) is 0 Å². The van der Waals surface area contributed by atoms with E-state index in [2.05, 4.69) is 0 Å². The van der Waals surface area contributed by atoms with Crippen molar-refractivity contribution in [2.45, 2.75) is 12.2 Å². The Morgan fingerprint density at radius 2 is 2.19 bits per heavy atom. The van der Waals surface area contributed by atoms with Gasteiger partial charge in [0.2, 0.25) is 0 Å². The number of nitrogens with zero attached hydrogens (tertiary/aromatic N) is 1. The molecule has 2 rings (SSSR count). The normalized spacial score (nSPS) is 25.4. The fourth-order valence-electron chi connectivity index (χ4n) is 1.70. The summed E-state index contributed by atoms with van der Waals surface area (Å²) in [5, 5.41) is 10.3. The van der Waals surface area contributed by atoms with E-state index in [1.165, 1.54) is 4.90 Å². The number of benzene rings is 1. The minimum absolute atomic E-state index is 0.245. The third-order valence-electron chi connectivity index (χ3n) is 2.56. The minimum atomic E-state index is -0.761. The highest BCUT2D eigenvalue weighted by molar-refractivity contribution is 6.31. The van der Waals surface area contributed by atoms with Crippen LogP contribution in [0.25, 0.3) is 0 Å². The number of cyclic esters (lactones) is 1. The molecule has 1 aromatic carbocycles. The Morgan fingerprint density at radius 3 is 2.88 bits per heavy atom. The van der Waals surface area contributed by atoms with Crippen molar-refractivity contribution in [2.24, 2.45) is 0 Å². The highest BCUT2D eigenvalue weighted by Crippen LogP contribution is 2.31. The second kappa shape index (κ2) is 4.31. The van der Waals surface area contributed by atoms with Gasteiger partial charge in [0.05, 0.1) is 6.54 Å². The molecule has 1 amide bonds. The molecule has 1 heterocycles. The standard InChI is InChI=1S/C11H12ClNO3/c1-13-6-9(14)10(16-11(13)15)7-4-2-3-5-8(7)12/h2-5,9-10,14H,6H2,1H3/t9-,10-/m1/s1. The highest BCUT2D eigenvalue weighted by Gasteiger charge is 2.34. The van der Waals surface area contributed by atoms with Crippen molar-refractivity contribution in [1.82, 2.24) is 4.90 Å². The molecule has 0 spiro atoms. The van der Waals surface area contributed by atoms with Crippen LogP contribution in [0.5, 0.6) is 0 Å². The van der Waals surface area contributed by atoms with Crippen LogP contribution in [0.1, 0.15) is 11.7 Å². The molecule has 0 unspecified atom stereocenters. The molecule has 1 aromatic rings. The van der Waals surface area contributed by atoms with E-state index >= 15 is 0 Å². The van der Waals surface area contributed by atoms with Crippen LogP contribution in [-0.4, -0.2) is 35.8 Å². The van der Waals surface area contributed by atoms with Crippen molar-refractivity contribution < 1.29 is 14.6 Å². The summed E-state index contributed by atoms with van der Waals surface area (Å²) in [5.41, 5.74) is 0.637. The number of halogens is 1. The molecule has 0 radical (unpaired) electrons. The number of aliphatic hydroxyl groups is 1. The number of hydrogen-bond donors (Lipinski definition) is 1. The fraction of sp³-hybridized carbons (Fsp3) is 0.364. The van der Waals surface area contributed by atoms with Crippen LogP contribution in [0.2, 0.25) is 5.02 Å². The van der Waals surface area contributed by atoms with Crippen LogP contribution in [0.3, 0.4) is 0 Å². The van der Waals surface area contributed by atoms with Gasteiger partial charge in [-0.1, -0.05) is 29.8 Å². The molecule has 1 aliphatic heterocycles. The van der Waals surface area contributed by atoms with E-state index in [-0.39, 0.29) is 6.54 Å². The van der Waals surface area contributed by atoms with Gasteiger partial charge in [0.25, 0.3) is 0 Å². The molecule has 2 atom stereocenters. The lowest BCUT2D eigenvalue weighted by Crippen LogP contribution is -2.45. The van der Waals surface area contributed by atoms with Crippen molar-refractivity contribution in [2.75, 3.05) is 13.6 Å².